The molecule has 0 heterocycles. The van der Waals surface area contributed by atoms with Crippen molar-refractivity contribution in [3.8, 4) is 6.07 Å². The van der Waals surface area contributed by atoms with E-state index in [0.717, 1.165) is 11.1 Å². The fourth-order valence-corrected chi connectivity index (χ4v) is 3.56. The molecular formula is C20H23FN2OS. The van der Waals surface area contributed by atoms with Crippen LogP contribution in [-0.2, 0) is 16.5 Å². The van der Waals surface area contributed by atoms with Crippen molar-refractivity contribution in [3.05, 3.63) is 70.5 Å². The third kappa shape index (κ3) is 3.97. The van der Waals surface area contributed by atoms with E-state index in [-0.39, 0.29) is 5.56 Å². The first-order chi connectivity index (χ1) is 11.6. The summed E-state index contributed by atoms with van der Waals surface area (Å²) in [7, 11) is -1.37. The summed E-state index contributed by atoms with van der Waals surface area (Å²) in [4.78, 5) is 0. The molecule has 0 bridgehead atoms. The highest BCUT2D eigenvalue weighted by molar-refractivity contribution is 7.84. The highest BCUT2D eigenvalue weighted by Crippen LogP contribution is 2.34. The van der Waals surface area contributed by atoms with Crippen LogP contribution in [0.3, 0.4) is 0 Å². The van der Waals surface area contributed by atoms with Gasteiger partial charge in [0.1, 0.15) is 11.9 Å². The van der Waals surface area contributed by atoms with Gasteiger partial charge in [-0.1, -0.05) is 30.3 Å². The zero-order valence-corrected chi connectivity index (χ0v) is 16.0. The lowest BCUT2D eigenvalue weighted by Crippen LogP contribution is -2.47. The minimum atomic E-state index is -1.37. The molecule has 0 radical (unpaired) electrons. The average molecular weight is 358 g/mol. The van der Waals surface area contributed by atoms with Crippen molar-refractivity contribution in [3.63, 3.8) is 0 Å². The van der Waals surface area contributed by atoms with E-state index in [1.807, 2.05) is 65.0 Å². The van der Waals surface area contributed by atoms with Crippen molar-refractivity contribution in [2.75, 3.05) is 0 Å². The van der Waals surface area contributed by atoms with Gasteiger partial charge in [-0.3, -0.25) is 0 Å². The quantitative estimate of drug-likeness (QED) is 0.885. The monoisotopic (exact) mass is 358 g/mol. The maximum Gasteiger partial charge on any atom is 0.141 e. The van der Waals surface area contributed by atoms with Gasteiger partial charge in [0.05, 0.1) is 26.8 Å². The van der Waals surface area contributed by atoms with Gasteiger partial charge in [0, 0.05) is 0 Å². The van der Waals surface area contributed by atoms with Crippen LogP contribution < -0.4 is 4.72 Å². The molecule has 0 aliphatic rings. The Morgan fingerprint density at radius 3 is 2.28 bits per heavy atom. The number of halogens is 1. The summed E-state index contributed by atoms with van der Waals surface area (Å²) in [5, 5.41) is 8.97. The molecule has 5 heteroatoms. The third-order valence-electron chi connectivity index (χ3n) is 4.20. The highest BCUT2D eigenvalue weighted by Gasteiger charge is 2.35. The Morgan fingerprint density at radius 1 is 1.12 bits per heavy atom. The molecule has 0 amide bonds. The summed E-state index contributed by atoms with van der Waals surface area (Å²) in [6, 6.07) is 14.1. The Hall–Kier alpha value is -2.03. The minimum absolute atomic E-state index is 0.00664. The molecule has 0 aliphatic carbocycles. The molecule has 0 fully saturated rings. The van der Waals surface area contributed by atoms with E-state index in [2.05, 4.69) is 4.72 Å². The molecule has 2 rings (SSSR count). The summed E-state index contributed by atoms with van der Waals surface area (Å²) >= 11 is 0. The van der Waals surface area contributed by atoms with Crippen LogP contribution in [0.5, 0.6) is 0 Å². The van der Waals surface area contributed by atoms with Crippen LogP contribution in [0.1, 0.15) is 49.9 Å². The van der Waals surface area contributed by atoms with Gasteiger partial charge < -0.3 is 0 Å². The van der Waals surface area contributed by atoms with Crippen LogP contribution in [0.25, 0.3) is 0 Å². The molecule has 2 aromatic carbocycles. The summed E-state index contributed by atoms with van der Waals surface area (Å²) in [5.74, 6) is -0.580. The minimum Gasteiger partial charge on any atom is -0.242 e. The maximum absolute atomic E-state index is 14.2. The molecule has 3 nitrogen and oxygen atoms in total. The Kier molecular flexibility index (Phi) is 5.46. The van der Waals surface area contributed by atoms with Crippen LogP contribution in [0.4, 0.5) is 4.39 Å². The van der Waals surface area contributed by atoms with Gasteiger partial charge >= 0.3 is 0 Å². The van der Waals surface area contributed by atoms with Gasteiger partial charge in [-0.15, -0.1) is 0 Å². The molecule has 132 valence electrons. The first-order valence-electron chi connectivity index (χ1n) is 8.05. The maximum atomic E-state index is 14.2. The van der Waals surface area contributed by atoms with E-state index in [9.17, 15) is 8.60 Å². The van der Waals surface area contributed by atoms with Gasteiger partial charge in [-0.05, 0) is 63.4 Å². The first-order valence-corrected chi connectivity index (χ1v) is 9.20. The van der Waals surface area contributed by atoms with Crippen molar-refractivity contribution in [1.82, 2.24) is 4.72 Å². The van der Waals surface area contributed by atoms with Gasteiger partial charge in [0.25, 0.3) is 0 Å². The van der Waals surface area contributed by atoms with Crippen molar-refractivity contribution < 1.29 is 8.60 Å². The number of hydrogen-bond acceptors (Lipinski definition) is 2. The Balaban J connectivity index is 2.65. The van der Waals surface area contributed by atoms with Crippen LogP contribution in [0.2, 0.25) is 0 Å². The number of rotatable bonds is 4. The highest BCUT2D eigenvalue weighted by atomic mass is 32.2. The molecule has 0 aliphatic heterocycles. The average Bonchev–Trinajstić information content (AvgIpc) is 2.54. The second kappa shape index (κ2) is 7.07. The molecular weight excluding hydrogens is 335 g/mol. The Morgan fingerprint density at radius 2 is 1.76 bits per heavy atom. The number of nitrogens with one attached hydrogen (secondary N) is 1. The molecule has 1 N–H and O–H groups in total. The van der Waals surface area contributed by atoms with Crippen LogP contribution in [0.15, 0.2) is 42.5 Å². The van der Waals surface area contributed by atoms with E-state index in [4.69, 9.17) is 5.26 Å². The first kappa shape index (κ1) is 19.3. The number of nitrogens with zero attached hydrogens (tertiary/aromatic N) is 1. The molecule has 25 heavy (non-hydrogen) atoms. The van der Waals surface area contributed by atoms with E-state index in [1.54, 1.807) is 6.07 Å². The number of aryl methyl sites for hydroxylation is 1. The largest absolute Gasteiger partial charge is 0.242 e. The molecule has 0 saturated carbocycles. The van der Waals surface area contributed by atoms with Gasteiger partial charge in [-0.25, -0.2) is 13.3 Å². The lowest BCUT2D eigenvalue weighted by atomic mass is 9.83. The fraction of sp³-hybridized carbons (Fsp3) is 0.350. The molecule has 2 atom stereocenters. The van der Waals surface area contributed by atoms with E-state index >= 15 is 0 Å². The zero-order valence-electron chi connectivity index (χ0n) is 15.2. The molecule has 2 aromatic rings. The van der Waals surface area contributed by atoms with Gasteiger partial charge in [0.15, 0.2) is 0 Å². The SMILES string of the molecule is Cc1ccccc1C(C)(N[S@](=O)C(C)(C)C)c1ccc(C#N)c(F)c1. The smallest absolute Gasteiger partial charge is 0.141 e. The third-order valence-corrected chi connectivity index (χ3v) is 5.91. The second-order valence-corrected chi connectivity index (χ2v) is 9.20. The number of nitriles is 1. The van der Waals surface area contributed by atoms with Crippen LogP contribution >= 0.6 is 0 Å². The predicted octanol–water partition coefficient (Wildman–Crippen LogP) is 4.32. The zero-order chi connectivity index (χ0) is 18.8. The predicted molar refractivity (Wildman–Crippen MR) is 99.8 cm³/mol. The van der Waals surface area contributed by atoms with E-state index in [0.29, 0.717) is 5.56 Å². The summed E-state index contributed by atoms with van der Waals surface area (Å²) in [6.45, 7) is 9.50. The topological polar surface area (TPSA) is 52.9 Å². The lowest BCUT2D eigenvalue weighted by Gasteiger charge is -2.35. The molecule has 0 saturated heterocycles. The normalized spacial score (nSPS) is 15.2. The van der Waals surface area contributed by atoms with Crippen molar-refractivity contribution in [2.24, 2.45) is 0 Å². The second-order valence-electron chi connectivity index (χ2n) is 7.23. The number of hydrogen-bond donors (Lipinski definition) is 1. The number of benzene rings is 2. The van der Waals surface area contributed by atoms with Gasteiger partial charge in [-0.2, -0.15) is 5.26 Å². The van der Waals surface area contributed by atoms with E-state index < -0.39 is 27.1 Å². The van der Waals surface area contributed by atoms with E-state index in [1.165, 1.54) is 12.1 Å². The van der Waals surface area contributed by atoms with Crippen LogP contribution in [-0.4, -0.2) is 8.96 Å². The molecule has 0 aromatic heterocycles. The van der Waals surface area contributed by atoms with Crippen molar-refractivity contribution in [2.45, 2.75) is 44.9 Å². The Labute approximate surface area is 151 Å². The lowest BCUT2D eigenvalue weighted by molar-refractivity contribution is 0.516. The summed E-state index contributed by atoms with van der Waals surface area (Å²) in [6.07, 6.45) is 0. The summed E-state index contributed by atoms with van der Waals surface area (Å²) < 4.78 is 29.8. The standard InChI is InChI=1S/C20H23FN2OS/c1-14-8-6-7-9-17(14)20(5,23-25(24)19(2,3)4)16-11-10-15(13-22)18(21)12-16/h6-12,23H,1-5H3/t20?,25-/m1/s1. The van der Waals surface area contributed by atoms with Crippen molar-refractivity contribution >= 4 is 11.0 Å². The fourth-order valence-electron chi connectivity index (χ4n) is 2.66. The summed E-state index contributed by atoms with van der Waals surface area (Å²) in [5.41, 5.74) is 1.67. The van der Waals surface area contributed by atoms with Gasteiger partial charge in [0.2, 0.25) is 0 Å². The molecule has 1 unspecified atom stereocenters. The van der Waals surface area contributed by atoms with Crippen molar-refractivity contribution in [1.29, 1.82) is 5.26 Å². The Bertz CT molecular complexity index is 852. The molecule has 0 spiro atoms. The van der Waals surface area contributed by atoms with Crippen LogP contribution in [0, 0.1) is 24.1 Å².